The Balaban J connectivity index is 1.19. The molecule has 1 atom stereocenters. The average molecular weight is 469 g/mol. The molecule has 2 amide bonds. The number of furan rings is 1. The van der Waals surface area contributed by atoms with Crippen molar-refractivity contribution in [2.24, 2.45) is 11.0 Å². The van der Waals surface area contributed by atoms with Gasteiger partial charge in [-0.1, -0.05) is 18.9 Å². The molecule has 0 bridgehead atoms. The fourth-order valence-electron chi connectivity index (χ4n) is 5.19. The van der Waals surface area contributed by atoms with Crippen molar-refractivity contribution in [1.29, 1.82) is 0 Å². The molecule has 8 heteroatoms. The number of carbonyl (C=O) groups excluding carboxylic acids is 2. The Hall–Kier alpha value is -2.45. The molecule has 7 nitrogen and oxygen atoms in total. The minimum Gasteiger partial charge on any atom is -0.463 e. The van der Waals surface area contributed by atoms with E-state index in [9.17, 15) is 9.59 Å². The van der Waals surface area contributed by atoms with E-state index in [1.165, 1.54) is 12.8 Å². The molecule has 3 aliphatic heterocycles. The summed E-state index contributed by atoms with van der Waals surface area (Å²) in [5, 5.41) is 8.36. The second kappa shape index (κ2) is 10.2. The molecule has 2 aromatic rings. The predicted octanol–water partition coefficient (Wildman–Crippen LogP) is 4.13. The van der Waals surface area contributed by atoms with E-state index >= 15 is 0 Å². The quantitative estimate of drug-likeness (QED) is 0.662. The largest absolute Gasteiger partial charge is 0.463 e. The van der Waals surface area contributed by atoms with Crippen LogP contribution in [0.5, 0.6) is 0 Å². The van der Waals surface area contributed by atoms with Crippen LogP contribution in [0, 0.1) is 5.92 Å². The van der Waals surface area contributed by atoms with Gasteiger partial charge in [0.25, 0.3) is 5.91 Å². The van der Waals surface area contributed by atoms with Crippen LogP contribution in [0.2, 0.25) is 0 Å². The number of hydrazone groups is 1. The van der Waals surface area contributed by atoms with Gasteiger partial charge in [-0.25, -0.2) is 5.01 Å². The van der Waals surface area contributed by atoms with E-state index in [0.717, 1.165) is 68.2 Å². The molecule has 0 aromatic carbocycles. The van der Waals surface area contributed by atoms with E-state index in [1.54, 1.807) is 22.6 Å². The van der Waals surface area contributed by atoms with Crippen molar-refractivity contribution in [3.05, 3.63) is 46.5 Å². The Labute approximate surface area is 199 Å². The van der Waals surface area contributed by atoms with Gasteiger partial charge in [-0.05, 0) is 62.4 Å². The number of likely N-dealkylation sites (tertiary alicyclic amines) is 2. The number of hydrogen-bond acceptors (Lipinski definition) is 6. The Bertz CT molecular complexity index is 956. The molecule has 176 valence electrons. The summed E-state index contributed by atoms with van der Waals surface area (Å²) in [7, 11) is 0. The van der Waals surface area contributed by atoms with E-state index in [-0.39, 0.29) is 17.9 Å². The van der Waals surface area contributed by atoms with Gasteiger partial charge in [0.15, 0.2) is 0 Å². The summed E-state index contributed by atoms with van der Waals surface area (Å²) < 4.78 is 5.54. The molecular weight excluding hydrogens is 436 g/mol. The fourth-order valence-corrected chi connectivity index (χ4v) is 6.00. The van der Waals surface area contributed by atoms with E-state index in [1.807, 2.05) is 23.6 Å². The van der Waals surface area contributed by atoms with Crippen molar-refractivity contribution in [2.75, 3.05) is 32.7 Å². The summed E-state index contributed by atoms with van der Waals surface area (Å²) in [6.45, 7) is 3.71. The SMILES string of the molecule is O=C(C1CCN(CC(=O)N2N=C(c3ccco3)CC2c2cccs2)CC1)N1CCCCCC1. The first-order valence-corrected chi connectivity index (χ1v) is 13.0. The molecule has 0 radical (unpaired) electrons. The molecule has 0 saturated carbocycles. The van der Waals surface area contributed by atoms with Crippen molar-refractivity contribution in [1.82, 2.24) is 14.8 Å². The summed E-state index contributed by atoms with van der Waals surface area (Å²) >= 11 is 1.65. The van der Waals surface area contributed by atoms with E-state index in [4.69, 9.17) is 4.42 Å². The van der Waals surface area contributed by atoms with E-state index in [0.29, 0.717) is 18.9 Å². The second-order valence-electron chi connectivity index (χ2n) is 9.29. The van der Waals surface area contributed by atoms with Gasteiger partial charge in [0.05, 0.1) is 18.8 Å². The third kappa shape index (κ3) is 5.06. The maximum absolute atomic E-state index is 13.3. The zero-order valence-corrected chi connectivity index (χ0v) is 19.8. The number of piperidine rings is 1. The van der Waals surface area contributed by atoms with Crippen molar-refractivity contribution < 1.29 is 14.0 Å². The highest BCUT2D eigenvalue weighted by molar-refractivity contribution is 7.10. The molecule has 0 N–H and O–H groups in total. The summed E-state index contributed by atoms with van der Waals surface area (Å²) in [6, 6.07) is 7.74. The number of carbonyl (C=O) groups is 2. The number of nitrogens with zero attached hydrogens (tertiary/aromatic N) is 4. The van der Waals surface area contributed by atoms with Gasteiger partial charge in [-0.15, -0.1) is 11.3 Å². The van der Waals surface area contributed by atoms with Crippen molar-refractivity contribution in [3.63, 3.8) is 0 Å². The summed E-state index contributed by atoms with van der Waals surface area (Å²) in [5.41, 5.74) is 0.813. The third-order valence-corrected chi connectivity index (χ3v) is 8.03. The van der Waals surface area contributed by atoms with Gasteiger partial charge in [-0.3, -0.25) is 14.5 Å². The van der Waals surface area contributed by atoms with Crippen LogP contribution < -0.4 is 0 Å². The maximum Gasteiger partial charge on any atom is 0.257 e. The van der Waals surface area contributed by atoms with Gasteiger partial charge in [0.1, 0.15) is 11.5 Å². The lowest BCUT2D eigenvalue weighted by Crippen LogP contribution is -2.45. The van der Waals surface area contributed by atoms with Crippen LogP contribution in [-0.4, -0.2) is 65.1 Å². The smallest absolute Gasteiger partial charge is 0.257 e. The fraction of sp³-hybridized carbons (Fsp3) is 0.560. The van der Waals surface area contributed by atoms with Gasteiger partial charge in [0.2, 0.25) is 5.91 Å². The van der Waals surface area contributed by atoms with Gasteiger partial charge in [-0.2, -0.15) is 5.10 Å². The lowest BCUT2D eigenvalue weighted by molar-refractivity contribution is -0.137. The topological polar surface area (TPSA) is 69.4 Å². The summed E-state index contributed by atoms with van der Waals surface area (Å²) in [6.07, 6.45) is 8.68. The summed E-state index contributed by atoms with van der Waals surface area (Å²) in [5.74, 6) is 1.16. The van der Waals surface area contributed by atoms with E-state index in [2.05, 4.69) is 21.0 Å². The molecule has 2 fully saturated rings. The van der Waals surface area contributed by atoms with Gasteiger partial charge >= 0.3 is 0 Å². The van der Waals surface area contributed by atoms with Crippen molar-refractivity contribution in [2.45, 2.75) is 51.0 Å². The lowest BCUT2D eigenvalue weighted by Gasteiger charge is -2.34. The number of amides is 2. The highest BCUT2D eigenvalue weighted by atomic mass is 32.1. The van der Waals surface area contributed by atoms with Crippen LogP contribution in [0.25, 0.3) is 0 Å². The number of hydrogen-bond donors (Lipinski definition) is 0. The molecule has 33 heavy (non-hydrogen) atoms. The zero-order valence-electron chi connectivity index (χ0n) is 19.0. The Morgan fingerprint density at radius 2 is 1.82 bits per heavy atom. The standard InChI is InChI=1S/C25H32N4O3S/c30-24(18-27-13-9-19(10-14-27)25(31)28-11-3-1-2-4-12-28)29-21(23-8-6-16-33-23)17-20(26-29)22-7-5-15-32-22/h5-8,15-16,19,21H,1-4,9-14,17-18H2. The van der Waals surface area contributed by atoms with Crippen LogP contribution >= 0.6 is 11.3 Å². The Morgan fingerprint density at radius 3 is 2.48 bits per heavy atom. The normalized spacial score (nSPS) is 22.9. The molecule has 2 saturated heterocycles. The Kier molecular flexibility index (Phi) is 6.92. The molecule has 5 rings (SSSR count). The first-order valence-electron chi connectivity index (χ1n) is 12.2. The highest BCUT2D eigenvalue weighted by Gasteiger charge is 2.36. The van der Waals surface area contributed by atoms with Crippen LogP contribution in [0.3, 0.4) is 0 Å². The van der Waals surface area contributed by atoms with Crippen LogP contribution in [0.4, 0.5) is 0 Å². The van der Waals surface area contributed by atoms with Crippen molar-refractivity contribution >= 4 is 28.9 Å². The van der Waals surface area contributed by atoms with Crippen LogP contribution in [0.1, 0.15) is 61.6 Å². The lowest BCUT2D eigenvalue weighted by atomic mass is 9.95. The van der Waals surface area contributed by atoms with Crippen LogP contribution in [0.15, 0.2) is 45.4 Å². The number of thiophene rings is 1. The average Bonchev–Trinajstić information content (AvgIpc) is 3.58. The molecule has 5 heterocycles. The first-order chi connectivity index (χ1) is 16.2. The second-order valence-corrected chi connectivity index (χ2v) is 10.3. The summed E-state index contributed by atoms with van der Waals surface area (Å²) in [4.78, 5) is 31.7. The molecule has 1 unspecified atom stereocenters. The van der Waals surface area contributed by atoms with Crippen molar-refractivity contribution in [3.8, 4) is 0 Å². The van der Waals surface area contributed by atoms with Gasteiger partial charge in [0, 0.05) is 30.3 Å². The Morgan fingerprint density at radius 1 is 1.03 bits per heavy atom. The molecular formula is C25H32N4O3S. The van der Waals surface area contributed by atoms with E-state index < -0.39 is 0 Å². The minimum absolute atomic E-state index is 0.00671. The molecule has 3 aliphatic rings. The third-order valence-electron chi connectivity index (χ3n) is 7.06. The predicted molar refractivity (Wildman–Crippen MR) is 128 cm³/mol. The zero-order chi connectivity index (χ0) is 22.6. The van der Waals surface area contributed by atoms with Gasteiger partial charge < -0.3 is 9.32 Å². The highest BCUT2D eigenvalue weighted by Crippen LogP contribution is 2.35. The number of rotatable bonds is 5. The molecule has 0 aliphatic carbocycles. The molecule has 2 aromatic heterocycles. The van der Waals surface area contributed by atoms with Crippen LogP contribution in [-0.2, 0) is 9.59 Å². The monoisotopic (exact) mass is 468 g/mol. The maximum atomic E-state index is 13.3. The first kappa shape index (κ1) is 22.3. The molecule has 0 spiro atoms. The minimum atomic E-state index is -0.0836.